The summed E-state index contributed by atoms with van der Waals surface area (Å²) in [5.74, 6) is 0.702. The highest BCUT2D eigenvalue weighted by Gasteiger charge is 2.33. The Hall–Kier alpha value is -3.40. The zero-order valence-electron chi connectivity index (χ0n) is 16.0. The Morgan fingerprint density at radius 2 is 2.14 bits per heavy atom. The summed E-state index contributed by atoms with van der Waals surface area (Å²) in [5, 5.41) is 20.5. The van der Waals surface area contributed by atoms with Crippen LogP contribution in [0, 0.1) is 10.1 Å². The molecule has 154 valence electrons. The van der Waals surface area contributed by atoms with Gasteiger partial charge in [-0.05, 0) is 18.6 Å². The molecule has 1 N–H and O–H groups in total. The number of fused-ring (bicyclic) bond motifs is 1. The number of hydrogen-bond donors (Lipinski definition) is 1. The lowest BCUT2D eigenvalue weighted by molar-refractivity contribution is -0.385. The molecule has 3 rings (SSSR count). The molecule has 2 aromatic rings. The predicted molar refractivity (Wildman–Crippen MR) is 101 cm³/mol. The molecule has 0 saturated carbocycles. The molecule has 1 aliphatic heterocycles. The number of benzene rings is 1. The third-order valence-electron chi connectivity index (χ3n) is 4.69. The maximum absolute atomic E-state index is 13.3. The van der Waals surface area contributed by atoms with Crippen molar-refractivity contribution in [2.45, 2.75) is 19.0 Å². The van der Waals surface area contributed by atoms with Crippen molar-refractivity contribution in [2.24, 2.45) is 0 Å². The predicted octanol–water partition coefficient (Wildman–Crippen LogP) is 1.79. The van der Waals surface area contributed by atoms with E-state index in [1.165, 1.54) is 19.1 Å². The molecule has 1 atom stereocenters. The van der Waals surface area contributed by atoms with E-state index in [0.717, 1.165) is 12.3 Å². The molecule has 0 bridgehead atoms. The van der Waals surface area contributed by atoms with Gasteiger partial charge in [0.25, 0.3) is 11.6 Å². The van der Waals surface area contributed by atoms with Crippen molar-refractivity contribution in [3.8, 4) is 17.4 Å². The van der Waals surface area contributed by atoms with Crippen LogP contribution in [-0.2, 0) is 6.54 Å². The molecule has 0 spiro atoms. The van der Waals surface area contributed by atoms with E-state index in [4.69, 9.17) is 14.2 Å². The van der Waals surface area contributed by atoms with E-state index >= 15 is 0 Å². The quantitative estimate of drug-likeness (QED) is 0.548. The number of carbonyl (C=O) groups is 1. The fourth-order valence-electron chi connectivity index (χ4n) is 3.15. The second-order valence-corrected chi connectivity index (χ2v) is 6.39. The van der Waals surface area contributed by atoms with Gasteiger partial charge in [0.1, 0.15) is 29.9 Å². The Morgan fingerprint density at radius 3 is 2.79 bits per heavy atom. The number of amides is 1. The second-order valence-electron chi connectivity index (χ2n) is 6.39. The first kappa shape index (κ1) is 20.3. The average Bonchev–Trinajstić information content (AvgIpc) is 2.86. The summed E-state index contributed by atoms with van der Waals surface area (Å²) in [6.07, 6.45) is 1.33. The molecule has 1 aliphatic rings. The van der Waals surface area contributed by atoms with Crippen molar-refractivity contribution >= 4 is 11.6 Å². The lowest BCUT2D eigenvalue weighted by atomic mass is 10.1. The molecule has 10 nitrogen and oxygen atoms in total. The Bertz CT molecular complexity index is 919. The van der Waals surface area contributed by atoms with Crippen LogP contribution in [0.5, 0.6) is 17.4 Å². The maximum atomic E-state index is 13.3. The van der Waals surface area contributed by atoms with Crippen LogP contribution in [0.3, 0.4) is 0 Å². The first-order chi connectivity index (χ1) is 14.0. The second kappa shape index (κ2) is 8.74. The van der Waals surface area contributed by atoms with Crippen molar-refractivity contribution < 1.29 is 29.0 Å². The van der Waals surface area contributed by atoms with Crippen LogP contribution in [0.4, 0.5) is 5.69 Å². The number of rotatable bonds is 7. The van der Waals surface area contributed by atoms with Crippen LogP contribution in [0.1, 0.15) is 22.3 Å². The van der Waals surface area contributed by atoms with Gasteiger partial charge in [-0.25, -0.2) is 4.98 Å². The molecule has 0 radical (unpaired) electrons. The summed E-state index contributed by atoms with van der Waals surface area (Å²) >= 11 is 0. The Balaban J connectivity index is 2.00. The molecule has 1 aromatic carbocycles. The molecule has 1 amide bonds. The topological polar surface area (TPSA) is 124 Å². The molecule has 1 aromatic heterocycles. The summed E-state index contributed by atoms with van der Waals surface area (Å²) in [5.41, 5.74) is 0.418. The lowest BCUT2D eigenvalue weighted by Crippen LogP contribution is -2.42. The third-order valence-corrected chi connectivity index (χ3v) is 4.69. The van der Waals surface area contributed by atoms with Crippen LogP contribution in [0.2, 0.25) is 0 Å². The minimum absolute atomic E-state index is 0.00659. The Kier molecular flexibility index (Phi) is 6.13. The summed E-state index contributed by atoms with van der Waals surface area (Å²) in [6, 6.07) is 5.93. The van der Waals surface area contributed by atoms with Crippen molar-refractivity contribution in [3.63, 3.8) is 0 Å². The van der Waals surface area contributed by atoms with Gasteiger partial charge in [0.2, 0.25) is 5.88 Å². The highest BCUT2D eigenvalue weighted by Crippen LogP contribution is 2.31. The minimum Gasteiger partial charge on any atom is -0.497 e. The number of nitro groups is 1. The van der Waals surface area contributed by atoms with E-state index in [-0.39, 0.29) is 43.3 Å². The smallest absolute Gasteiger partial charge is 0.288 e. The van der Waals surface area contributed by atoms with Crippen LogP contribution in [0.15, 0.2) is 30.5 Å². The number of carbonyl (C=O) groups excluding carboxylic acids is 1. The van der Waals surface area contributed by atoms with Crippen molar-refractivity contribution in [3.05, 3.63) is 51.7 Å². The molecule has 0 unspecified atom stereocenters. The van der Waals surface area contributed by atoms with Gasteiger partial charge in [-0.3, -0.25) is 14.9 Å². The standard InChI is InChI=1S/C19H21N3O7/c1-27-15-4-3-12(17(8-15)28-2)10-21-13(5-6-23)11-29-18-16(19(21)24)7-14(9-20-18)22(25)26/h3-4,7-9,13,23H,5-6,10-11H2,1-2H3/t13-/m0/s1. The lowest BCUT2D eigenvalue weighted by Gasteiger charge is -2.29. The van der Waals surface area contributed by atoms with Crippen LogP contribution in [0.25, 0.3) is 0 Å². The number of ether oxygens (including phenoxy) is 3. The largest absolute Gasteiger partial charge is 0.497 e. The molecule has 10 heteroatoms. The zero-order chi connectivity index (χ0) is 21.0. The normalized spacial score (nSPS) is 15.9. The molecular formula is C19H21N3O7. The highest BCUT2D eigenvalue weighted by atomic mass is 16.6. The summed E-state index contributed by atoms with van der Waals surface area (Å²) < 4.78 is 16.2. The van der Waals surface area contributed by atoms with E-state index in [9.17, 15) is 20.0 Å². The van der Waals surface area contributed by atoms with Crippen molar-refractivity contribution in [1.29, 1.82) is 0 Å². The average molecular weight is 403 g/mol. The van der Waals surface area contributed by atoms with Gasteiger partial charge < -0.3 is 24.2 Å². The van der Waals surface area contributed by atoms with E-state index in [0.29, 0.717) is 17.1 Å². The first-order valence-electron chi connectivity index (χ1n) is 8.88. The molecule has 0 aliphatic carbocycles. The summed E-state index contributed by atoms with van der Waals surface area (Å²) in [7, 11) is 3.05. The number of aliphatic hydroxyl groups excluding tert-OH is 1. The third kappa shape index (κ3) is 4.21. The summed E-state index contributed by atoms with van der Waals surface area (Å²) in [6.45, 7) is 0.103. The van der Waals surface area contributed by atoms with Gasteiger partial charge in [-0.15, -0.1) is 0 Å². The van der Waals surface area contributed by atoms with E-state index in [1.807, 2.05) is 0 Å². The Labute approximate surface area is 166 Å². The van der Waals surface area contributed by atoms with E-state index in [1.54, 1.807) is 18.2 Å². The number of aliphatic hydroxyl groups is 1. The fourth-order valence-corrected chi connectivity index (χ4v) is 3.15. The zero-order valence-corrected chi connectivity index (χ0v) is 16.0. The van der Waals surface area contributed by atoms with E-state index < -0.39 is 16.9 Å². The fraction of sp³-hybridized carbons (Fsp3) is 0.368. The van der Waals surface area contributed by atoms with Gasteiger partial charge in [0, 0.05) is 24.3 Å². The molecule has 2 heterocycles. The Morgan fingerprint density at radius 1 is 1.34 bits per heavy atom. The van der Waals surface area contributed by atoms with Crippen LogP contribution >= 0.6 is 0 Å². The number of hydrogen-bond acceptors (Lipinski definition) is 8. The van der Waals surface area contributed by atoms with Gasteiger partial charge in [0.15, 0.2) is 0 Å². The molecule has 0 fully saturated rings. The molecule has 0 saturated heterocycles. The van der Waals surface area contributed by atoms with Crippen molar-refractivity contribution in [2.75, 3.05) is 27.4 Å². The molecule has 29 heavy (non-hydrogen) atoms. The van der Waals surface area contributed by atoms with E-state index in [2.05, 4.69) is 4.98 Å². The SMILES string of the molecule is COc1ccc(CN2C(=O)c3cc([N+](=O)[O-])cnc3OC[C@@H]2CCO)c(OC)c1. The minimum atomic E-state index is -0.618. The highest BCUT2D eigenvalue weighted by molar-refractivity contribution is 5.97. The summed E-state index contributed by atoms with van der Waals surface area (Å²) in [4.78, 5) is 29.2. The number of methoxy groups -OCH3 is 2. The monoisotopic (exact) mass is 403 g/mol. The van der Waals surface area contributed by atoms with Gasteiger partial charge in [-0.1, -0.05) is 0 Å². The maximum Gasteiger partial charge on any atom is 0.288 e. The number of aromatic nitrogens is 1. The van der Waals surface area contributed by atoms with Crippen molar-refractivity contribution in [1.82, 2.24) is 9.88 Å². The number of pyridine rings is 1. The first-order valence-corrected chi connectivity index (χ1v) is 8.88. The van der Waals surface area contributed by atoms with Gasteiger partial charge in [-0.2, -0.15) is 0 Å². The van der Waals surface area contributed by atoms with Gasteiger partial charge >= 0.3 is 0 Å². The van der Waals surface area contributed by atoms with Crippen LogP contribution < -0.4 is 14.2 Å². The van der Waals surface area contributed by atoms with Gasteiger partial charge in [0.05, 0.1) is 31.7 Å². The number of nitrogens with zero attached hydrogens (tertiary/aromatic N) is 3. The van der Waals surface area contributed by atoms with Crippen LogP contribution in [-0.4, -0.2) is 59.3 Å². The molecular weight excluding hydrogens is 382 g/mol.